The van der Waals surface area contributed by atoms with E-state index in [0.29, 0.717) is 32.0 Å². The summed E-state index contributed by atoms with van der Waals surface area (Å²) in [7, 11) is 0. The third kappa shape index (κ3) is 9.00. The van der Waals surface area contributed by atoms with Crippen molar-refractivity contribution < 1.29 is 18.7 Å². The number of carbonyl (C=O) groups excluding carboxylic acids is 2. The van der Waals surface area contributed by atoms with Crippen molar-refractivity contribution in [2.75, 3.05) is 45.9 Å². The van der Waals surface area contributed by atoms with E-state index in [9.17, 15) is 9.59 Å². The van der Waals surface area contributed by atoms with E-state index in [4.69, 9.17) is 9.15 Å². The molecule has 0 bridgehead atoms. The monoisotopic (exact) mass is 509 g/mol. The first-order valence-corrected chi connectivity index (χ1v) is 14.0. The van der Waals surface area contributed by atoms with Crippen LogP contribution in [0.15, 0.2) is 46.9 Å². The highest BCUT2D eigenvalue weighted by Crippen LogP contribution is 2.28. The Bertz CT molecular complexity index is 964. The van der Waals surface area contributed by atoms with Gasteiger partial charge in [-0.25, -0.2) is 0 Å². The van der Waals surface area contributed by atoms with E-state index in [1.54, 1.807) is 0 Å². The minimum absolute atomic E-state index is 0.0431. The number of aryl methyl sites for hydroxylation is 1. The minimum Gasteiger partial charge on any atom is -0.464 e. The molecular weight excluding hydrogens is 466 g/mol. The van der Waals surface area contributed by atoms with E-state index in [0.717, 1.165) is 62.8 Å². The molecule has 2 fully saturated rings. The van der Waals surface area contributed by atoms with Gasteiger partial charge in [0.05, 0.1) is 26.3 Å². The molecule has 37 heavy (non-hydrogen) atoms. The van der Waals surface area contributed by atoms with Gasteiger partial charge in [-0.3, -0.25) is 14.5 Å². The lowest BCUT2D eigenvalue weighted by molar-refractivity contribution is -0.141. The van der Waals surface area contributed by atoms with Crippen LogP contribution in [-0.2, 0) is 27.4 Å². The van der Waals surface area contributed by atoms with E-state index >= 15 is 0 Å². The molecule has 1 aliphatic carbocycles. The molecule has 1 saturated heterocycles. The summed E-state index contributed by atoms with van der Waals surface area (Å²) in [6.07, 6.45) is 7.35. The van der Waals surface area contributed by atoms with Crippen LogP contribution < -0.4 is 0 Å². The van der Waals surface area contributed by atoms with Crippen LogP contribution in [0.25, 0.3) is 0 Å². The second-order valence-corrected chi connectivity index (χ2v) is 10.6. The van der Waals surface area contributed by atoms with Gasteiger partial charge < -0.3 is 19.0 Å². The van der Waals surface area contributed by atoms with Gasteiger partial charge in [-0.1, -0.05) is 56.0 Å². The van der Waals surface area contributed by atoms with E-state index < -0.39 is 0 Å². The molecule has 7 nitrogen and oxygen atoms in total. The van der Waals surface area contributed by atoms with Gasteiger partial charge in [-0.2, -0.15) is 0 Å². The molecule has 2 aliphatic rings. The van der Waals surface area contributed by atoms with Gasteiger partial charge in [0, 0.05) is 39.1 Å². The fourth-order valence-corrected chi connectivity index (χ4v) is 5.44. The zero-order valence-electron chi connectivity index (χ0n) is 22.4. The Kier molecular flexibility index (Phi) is 10.6. The van der Waals surface area contributed by atoms with Gasteiger partial charge in [0.2, 0.25) is 11.8 Å². The number of hydrogen-bond acceptors (Lipinski definition) is 5. The first-order valence-electron chi connectivity index (χ1n) is 14.0. The van der Waals surface area contributed by atoms with Crippen molar-refractivity contribution in [1.82, 2.24) is 14.7 Å². The Labute approximate surface area is 221 Å². The summed E-state index contributed by atoms with van der Waals surface area (Å²) in [5.41, 5.74) is 1.06. The number of hydrogen-bond donors (Lipinski definition) is 0. The van der Waals surface area contributed by atoms with Crippen molar-refractivity contribution in [1.29, 1.82) is 0 Å². The van der Waals surface area contributed by atoms with Crippen LogP contribution in [0.5, 0.6) is 0 Å². The summed E-state index contributed by atoms with van der Waals surface area (Å²) in [5.74, 6) is 2.31. The molecular formula is C30H43N3O4. The van der Waals surface area contributed by atoms with Crippen molar-refractivity contribution in [3.8, 4) is 0 Å². The van der Waals surface area contributed by atoms with Gasteiger partial charge in [-0.15, -0.1) is 0 Å². The van der Waals surface area contributed by atoms with Crippen LogP contribution >= 0.6 is 0 Å². The largest absolute Gasteiger partial charge is 0.464 e. The number of amides is 2. The topological polar surface area (TPSA) is 66.2 Å². The van der Waals surface area contributed by atoms with E-state index in [-0.39, 0.29) is 18.4 Å². The van der Waals surface area contributed by atoms with Crippen molar-refractivity contribution in [2.45, 2.75) is 65.0 Å². The van der Waals surface area contributed by atoms with Crippen LogP contribution in [0, 0.1) is 12.8 Å². The zero-order chi connectivity index (χ0) is 25.9. The number of rotatable bonds is 13. The molecule has 1 aromatic heterocycles. The lowest BCUT2D eigenvalue weighted by Crippen LogP contribution is -2.44. The Morgan fingerprint density at radius 2 is 1.70 bits per heavy atom. The molecule has 2 aromatic rings. The van der Waals surface area contributed by atoms with Crippen LogP contribution in [-0.4, -0.2) is 72.5 Å². The highest BCUT2D eigenvalue weighted by molar-refractivity contribution is 5.84. The highest BCUT2D eigenvalue weighted by Gasteiger charge is 2.24. The van der Waals surface area contributed by atoms with E-state index in [1.807, 2.05) is 59.2 Å². The fourth-order valence-electron chi connectivity index (χ4n) is 5.44. The predicted molar refractivity (Wildman–Crippen MR) is 144 cm³/mol. The lowest BCUT2D eigenvalue weighted by atomic mass is 10.0. The molecule has 0 radical (unpaired) electrons. The van der Waals surface area contributed by atoms with Crippen molar-refractivity contribution >= 4 is 11.8 Å². The summed E-state index contributed by atoms with van der Waals surface area (Å²) in [6.45, 7) is 7.81. The Balaban J connectivity index is 1.40. The number of carbonyl (C=O) groups is 2. The molecule has 7 heteroatoms. The first kappa shape index (κ1) is 27.4. The Morgan fingerprint density at radius 3 is 2.41 bits per heavy atom. The third-order valence-electron chi connectivity index (χ3n) is 7.64. The SMILES string of the molecule is Cc1ccc(CN(Cc2ccccc2)C(=O)CN(CCCN2CCOCC2)C(=O)CCC2CCCC2)o1. The normalized spacial score (nSPS) is 16.7. The minimum atomic E-state index is -0.0431. The molecule has 202 valence electrons. The Hall–Kier alpha value is -2.64. The van der Waals surface area contributed by atoms with Gasteiger partial charge in [0.15, 0.2) is 0 Å². The third-order valence-corrected chi connectivity index (χ3v) is 7.64. The molecule has 0 spiro atoms. The molecule has 0 N–H and O–H groups in total. The van der Waals surface area contributed by atoms with Gasteiger partial charge in [-0.05, 0) is 43.4 Å². The molecule has 1 aromatic carbocycles. The van der Waals surface area contributed by atoms with Gasteiger partial charge in [0.1, 0.15) is 11.5 Å². The number of nitrogens with zero attached hydrogens (tertiary/aromatic N) is 3. The van der Waals surface area contributed by atoms with Gasteiger partial charge in [0.25, 0.3) is 0 Å². The first-order chi connectivity index (χ1) is 18.1. The van der Waals surface area contributed by atoms with Crippen LogP contribution in [0.1, 0.15) is 62.0 Å². The summed E-state index contributed by atoms with van der Waals surface area (Å²) in [6, 6.07) is 13.9. The van der Waals surface area contributed by atoms with Crippen molar-refractivity contribution in [2.24, 2.45) is 5.92 Å². The number of morpholine rings is 1. The maximum absolute atomic E-state index is 13.7. The maximum Gasteiger partial charge on any atom is 0.242 e. The second kappa shape index (κ2) is 14.3. The van der Waals surface area contributed by atoms with Crippen molar-refractivity contribution in [3.63, 3.8) is 0 Å². The lowest BCUT2D eigenvalue weighted by Gasteiger charge is -2.30. The molecule has 4 rings (SSSR count). The van der Waals surface area contributed by atoms with E-state index in [2.05, 4.69) is 4.90 Å². The fraction of sp³-hybridized carbons (Fsp3) is 0.600. The quantitative estimate of drug-likeness (QED) is 0.394. The van der Waals surface area contributed by atoms with Gasteiger partial charge >= 0.3 is 0 Å². The number of ether oxygens (including phenoxy) is 1. The summed E-state index contributed by atoms with van der Waals surface area (Å²) in [5, 5.41) is 0. The predicted octanol–water partition coefficient (Wildman–Crippen LogP) is 4.64. The standard InChI is InChI=1S/C30H43N3O4/c1-25-12-14-28(37-25)23-33(22-27-10-3-2-4-11-27)30(35)24-32(17-7-16-31-18-20-36-21-19-31)29(34)15-13-26-8-5-6-9-26/h2-4,10-12,14,26H,5-9,13,15-24H2,1H3. The number of furan rings is 1. The van der Waals surface area contributed by atoms with Crippen LogP contribution in [0.4, 0.5) is 0 Å². The molecule has 1 aliphatic heterocycles. The van der Waals surface area contributed by atoms with Crippen LogP contribution in [0.3, 0.4) is 0 Å². The van der Waals surface area contributed by atoms with Crippen molar-refractivity contribution in [3.05, 3.63) is 59.5 Å². The molecule has 2 heterocycles. The molecule has 2 amide bonds. The molecule has 0 unspecified atom stereocenters. The second-order valence-electron chi connectivity index (χ2n) is 10.6. The highest BCUT2D eigenvalue weighted by atomic mass is 16.5. The smallest absolute Gasteiger partial charge is 0.242 e. The average Bonchev–Trinajstić information content (AvgIpc) is 3.59. The Morgan fingerprint density at radius 1 is 0.946 bits per heavy atom. The average molecular weight is 510 g/mol. The summed E-state index contributed by atoms with van der Waals surface area (Å²) in [4.78, 5) is 33.0. The van der Waals surface area contributed by atoms with Crippen LogP contribution in [0.2, 0.25) is 0 Å². The van der Waals surface area contributed by atoms with E-state index in [1.165, 1.54) is 25.7 Å². The summed E-state index contributed by atoms with van der Waals surface area (Å²) >= 11 is 0. The molecule has 1 saturated carbocycles. The molecule has 0 atom stereocenters. The maximum atomic E-state index is 13.7. The number of benzene rings is 1. The summed E-state index contributed by atoms with van der Waals surface area (Å²) < 4.78 is 11.3. The zero-order valence-corrected chi connectivity index (χ0v) is 22.4.